The molecule has 1 aromatic rings. The first-order valence-electron chi connectivity index (χ1n) is 8.55. The van der Waals surface area contributed by atoms with E-state index in [1.54, 1.807) is 23.1 Å². The van der Waals surface area contributed by atoms with E-state index in [9.17, 15) is 0 Å². The fourth-order valence-corrected chi connectivity index (χ4v) is 4.53. The normalized spacial score (nSPS) is 16.6. The molecule has 2 nitrogen and oxygen atoms in total. The van der Waals surface area contributed by atoms with Gasteiger partial charge in [0.2, 0.25) is 0 Å². The van der Waals surface area contributed by atoms with E-state index in [-0.39, 0.29) is 0 Å². The molecule has 1 aliphatic rings. The lowest BCUT2D eigenvalue weighted by Gasteiger charge is -2.15. The molecule has 1 N–H and O–H groups in total. The predicted molar refractivity (Wildman–Crippen MR) is 111 cm³/mol. The summed E-state index contributed by atoms with van der Waals surface area (Å²) in [6.07, 6.45) is 16.6. The second-order valence-electron chi connectivity index (χ2n) is 6.08. The summed E-state index contributed by atoms with van der Waals surface area (Å²) in [7, 11) is 2.02. The minimum Gasteiger partial charge on any atom is -0.319 e. The Morgan fingerprint density at radius 3 is 3.00 bits per heavy atom. The van der Waals surface area contributed by atoms with Gasteiger partial charge in [-0.3, -0.25) is 0 Å². The van der Waals surface area contributed by atoms with Crippen LogP contribution in [0.1, 0.15) is 49.7 Å². The monoisotopic (exact) mass is 360 g/mol. The Bertz CT molecular complexity index is 650. The molecule has 0 radical (unpaired) electrons. The molecule has 2 rings (SSSR count). The Balaban J connectivity index is 2.19. The summed E-state index contributed by atoms with van der Waals surface area (Å²) in [5.41, 5.74) is 4.01. The molecule has 0 saturated heterocycles. The SMILES string of the molecule is CC/C=C(\SC)c1nc([C@@H](CNC)CC2=CC=C(C)CC=C2)cs1. The lowest BCUT2D eigenvalue weighted by molar-refractivity contribution is 0.615. The molecular weight excluding hydrogens is 332 g/mol. The van der Waals surface area contributed by atoms with Crippen molar-refractivity contribution in [1.82, 2.24) is 10.3 Å². The van der Waals surface area contributed by atoms with Gasteiger partial charge in [0.15, 0.2) is 0 Å². The van der Waals surface area contributed by atoms with E-state index in [2.05, 4.69) is 61.2 Å². The van der Waals surface area contributed by atoms with E-state index in [0.717, 1.165) is 30.8 Å². The van der Waals surface area contributed by atoms with Gasteiger partial charge in [0.05, 0.1) is 5.69 Å². The van der Waals surface area contributed by atoms with Crippen LogP contribution in [-0.2, 0) is 0 Å². The van der Waals surface area contributed by atoms with Gasteiger partial charge < -0.3 is 5.32 Å². The zero-order valence-electron chi connectivity index (χ0n) is 15.1. The lowest BCUT2D eigenvalue weighted by atomic mass is 9.96. The van der Waals surface area contributed by atoms with Gasteiger partial charge >= 0.3 is 0 Å². The number of nitrogens with zero attached hydrogens (tertiary/aromatic N) is 1. The average molecular weight is 361 g/mol. The van der Waals surface area contributed by atoms with Crippen LogP contribution in [0, 0.1) is 0 Å². The Morgan fingerprint density at radius 1 is 1.46 bits per heavy atom. The summed E-state index contributed by atoms with van der Waals surface area (Å²) in [6.45, 7) is 5.31. The molecule has 0 unspecified atom stereocenters. The number of hydrogen-bond acceptors (Lipinski definition) is 4. The molecule has 4 heteroatoms. The minimum atomic E-state index is 0.410. The van der Waals surface area contributed by atoms with Gasteiger partial charge in [-0.2, -0.15) is 0 Å². The summed E-state index contributed by atoms with van der Waals surface area (Å²) in [5.74, 6) is 0.410. The highest BCUT2D eigenvalue weighted by molar-refractivity contribution is 8.07. The fourth-order valence-electron chi connectivity index (χ4n) is 2.75. The molecule has 0 bridgehead atoms. The van der Waals surface area contributed by atoms with Crippen LogP contribution in [0.3, 0.4) is 0 Å². The van der Waals surface area contributed by atoms with Crippen LogP contribution in [0.2, 0.25) is 0 Å². The zero-order valence-corrected chi connectivity index (χ0v) is 16.8. The number of thioether (sulfide) groups is 1. The van der Waals surface area contributed by atoms with Crippen LogP contribution >= 0.6 is 23.1 Å². The zero-order chi connectivity index (χ0) is 17.4. The van der Waals surface area contributed by atoms with Crippen molar-refractivity contribution in [1.29, 1.82) is 0 Å². The maximum absolute atomic E-state index is 4.95. The van der Waals surface area contributed by atoms with Crippen LogP contribution in [0.5, 0.6) is 0 Å². The first-order chi connectivity index (χ1) is 11.7. The standard InChI is InChI=1S/C20H28N2S2/c1-5-7-19(23-4)20-22-18(14-24-20)17(13-21-3)12-16-9-6-8-15(2)10-11-16/h6-7,9-11,14,17,21H,5,8,12-13H2,1-4H3/b19-7-/t17-/m1/s1. The predicted octanol–water partition coefficient (Wildman–Crippen LogP) is 5.78. The highest BCUT2D eigenvalue weighted by Gasteiger charge is 2.17. The number of nitrogens with one attached hydrogen (secondary N) is 1. The van der Waals surface area contributed by atoms with E-state index >= 15 is 0 Å². The molecule has 0 fully saturated rings. The molecule has 1 aromatic heterocycles. The van der Waals surface area contributed by atoms with Crippen LogP contribution < -0.4 is 5.32 Å². The largest absolute Gasteiger partial charge is 0.319 e. The smallest absolute Gasteiger partial charge is 0.129 e. The lowest BCUT2D eigenvalue weighted by Crippen LogP contribution is -2.18. The Hall–Kier alpha value is -1.10. The van der Waals surface area contributed by atoms with Crippen LogP contribution in [0.25, 0.3) is 4.91 Å². The quantitative estimate of drug-likeness (QED) is 0.636. The van der Waals surface area contributed by atoms with Crippen LogP contribution in [-0.4, -0.2) is 24.8 Å². The van der Waals surface area contributed by atoms with Gasteiger partial charge in [-0.15, -0.1) is 23.1 Å². The van der Waals surface area contributed by atoms with Crippen molar-refractivity contribution in [3.8, 4) is 0 Å². The van der Waals surface area contributed by atoms with Crippen molar-refractivity contribution in [2.45, 2.75) is 39.0 Å². The maximum atomic E-state index is 4.95. The van der Waals surface area contributed by atoms with Gasteiger partial charge in [-0.1, -0.05) is 42.9 Å². The number of aromatic nitrogens is 1. The maximum Gasteiger partial charge on any atom is 0.129 e. The summed E-state index contributed by atoms with van der Waals surface area (Å²) in [6, 6.07) is 0. The molecule has 0 aliphatic heterocycles. The van der Waals surface area contributed by atoms with Gasteiger partial charge in [0, 0.05) is 22.7 Å². The van der Waals surface area contributed by atoms with E-state index in [0.29, 0.717) is 5.92 Å². The van der Waals surface area contributed by atoms with Crippen molar-refractivity contribution in [3.05, 3.63) is 57.6 Å². The molecule has 1 atom stereocenters. The highest BCUT2D eigenvalue weighted by Crippen LogP contribution is 2.32. The molecule has 0 saturated carbocycles. The molecule has 130 valence electrons. The van der Waals surface area contributed by atoms with Crippen molar-refractivity contribution in [2.75, 3.05) is 19.8 Å². The molecule has 0 spiro atoms. The third kappa shape index (κ3) is 5.47. The first-order valence-corrected chi connectivity index (χ1v) is 10.7. The van der Waals surface area contributed by atoms with Gasteiger partial charge in [-0.05, 0) is 45.1 Å². The first kappa shape index (κ1) is 19.2. The molecule has 1 heterocycles. The minimum absolute atomic E-state index is 0.410. The van der Waals surface area contributed by atoms with E-state index in [1.807, 2.05) is 7.05 Å². The summed E-state index contributed by atoms with van der Waals surface area (Å²) < 4.78 is 0. The second kappa shape index (κ2) is 10.0. The summed E-state index contributed by atoms with van der Waals surface area (Å²) >= 11 is 3.55. The summed E-state index contributed by atoms with van der Waals surface area (Å²) in [5, 5.41) is 6.73. The van der Waals surface area contributed by atoms with E-state index in [1.165, 1.54) is 21.7 Å². The van der Waals surface area contributed by atoms with Crippen molar-refractivity contribution < 1.29 is 0 Å². The van der Waals surface area contributed by atoms with E-state index in [4.69, 9.17) is 4.98 Å². The number of thiazole rings is 1. The molecular formula is C20H28N2S2. The molecule has 0 amide bonds. The van der Waals surface area contributed by atoms with Crippen molar-refractivity contribution in [2.24, 2.45) is 0 Å². The Morgan fingerprint density at radius 2 is 2.29 bits per heavy atom. The third-order valence-corrected chi connectivity index (χ3v) is 5.87. The number of likely N-dealkylation sites (N-methyl/N-ethyl adjacent to an activating group) is 1. The van der Waals surface area contributed by atoms with Crippen LogP contribution in [0.15, 0.2) is 46.9 Å². The van der Waals surface area contributed by atoms with Gasteiger partial charge in [0.1, 0.15) is 5.01 Å². The Labute approximate surface area is 154 Å². The van der Waals surface area contributed by atoms with Crippen molar-refractivity contribution in [3.63, 3.8) is 0 Å². The number of allylic oxidation sites excluding steroid dienone is 7. The average Bonchev–Trinajstić information content (AvgIpc) is 2.97. The highest BCUT2D eigenvalue weighted by atomic mass is 32.2. The third-order valence-electron chi connectivity index (χ3n) is 4.05. The summed E-state index contributed by atoms with van der Waals surface area (Å²) in [4.78, 5) is 6.24. The second-order valence-corrected chi connectivity index (χ2v) is 7.78. The fraction of sp³-hybridized carbons (Fsp3) is 0.450. The van der Waals surface area contributed by atoms with Crippen LogP contribution in [0.4, 0.5) is 0 Å². The molecule has 0 aromatic carbocycles. The van der Waals surface area contributed by atoms with Crippen molar-refractivity contribution >= 4 is 28.0 Å². The van der Waals surface area contributed by atoms with Gasteiger partial charge in [-0.25, -0.2) is 4.98 Å². The topological polar surface area (TPSA) is 24.9 Å². The molecule has 24 heavy (non-hydrogen) atoms. The number of hydrogen-bond donors (Lipinski definition) is 1. The van der Waals surface area contributed by atoms with Gasteiger partial charge in [0.25, 0.3) is 0 Å². The molecule has 1 aliphatic carbocycles. The number of rotatable bonds is 8. The Kier molecular flexibility index (Phi) is 8.03. The van der Waals surface area contributed by atoms with E-state index < -0.39 is 0 Å².